The molecule has 1 aliphatic heterocycles. The molecule has 0 spiro atoms. The molecular formula is C19H12O4. The average molecular weight is 304 g/mol. The lowest BCUT2D eigenvalue weighted by Gasteiger charge is -2.06. The molecular weight excluding hydrogens is 292 g/mol. The Morgan fingerprint density at radius 2 is 1.70 bits per heavy atom. The summed E-state index contributed by atoms with van der Waals surface area (Å²) >= 11 is 0. The Morgan fingerprint density at radius 3 is 2.57 bits per heavy atom. The molecule has 0 saturated carbocycles. The second kappa shape index (κ2) is 4.26. The van der Waals surface area contributed by atoms with Gasteiger partial charge in [0.1, 0.15) is 11.2 Å². The zero-order valence-electron chi connectivity index (χ0n) is 12.4. The summed E-state index contributed by atoms with van der Waals surface area (Å²) in [4.78, 5) is 13.0. The van der Waals surface area contributed by atoms with E-state index in [1.54, 1.807) is 0 Å². The van der Waals surface area contributed by atoms with Crippen molar-refractivity contribution in [3.05, 3.63) is 58.3 Å². The molecule has 2 heterocycles. The van der Waals surface area contributed by atoms with Crippen molar-refractivity contribution in [1.82, 2.24) is 0 Å². The summed E-state index contributed by atoms with van der Waals surface area (Å²) in [6.45, 7) is 2.19. The van der Waals surface area contributed by atoms with E-state index in [1.165, 1.54) is 0 Å². The highest BCUT2D eigenvalue weighted by Crippen LogP contribution is 2.38. The third-order valence-electron chi connectivity index (χ3n) is 4.30. The van der Waals surface area contributed by atoms with E-state index in [-0.39, 0.29) is 12.2 Å². The lowest BCUT2D eigenvalue weighted by atomic mass is 10.0. The predicted octanol–water partition coefficient (Wildman–Crippen LogP) is 4.14. The van der Waals surface area contributed by atoms with Crippen LogP contribution in [0, 0.1) is 6.92 Å². The minimum Gasteiger partial charge on any atom is -0.456 e. The normalized spacial score (nSPS) is 13.3. The van der Waals surface area contributed by atoms with E-state index >= 15 is 0 Å². The fourth-order valence-corrected chi connectivity index (χ4v) is 3.17. The van der Waals surface area contributed by atoms with E-state index in [0.29, 0.717) is 33.4 Å². The van der Waals surface area contributed by atoms with Crippen LogP contribution < -0.4 is 14.9 Å². The molecule has 0 fully saturated rings. The topological polar surface area (TPSA) is 48.7 Å². The van der Waals surface area contributed by atoms with Gasteiger partial charge in [-0.15, -0.1) is 0 Å². The van der Waals surface area contributed by atoms with E-state index in [2.05, 4.69) is 0 Å². The molecule has 0 amide bonds. The molecule has 23 heavy (non-hydrogen) atoms. The fourth-order valence-electron chi connectivity index (χ4n) is 3.17. The molecule has 4 nitrogen and oxygen atoms in total. The third kappa shape index (κ3) is 1.69. The summed E-state index contributed by atoms with van der Waals surface area (Å²) < 4.78 is 16.8. The largest absolute Gasteiger partial charge is 0.456 e. The molecule has 1 aliphatic rings. The van der Waals surface area contributed by atoms with Crippen molar-refractivity contribution in [3.63, 3.8) is 0 Å². The zero-order valence-corrected chi connectivity index (χ0v) is 12.4. The van der Waals surface area contributed by atoms with Gasteiger partial charge in [0.05, 0.1) is 10.8 Å². The van der Waals surface area contributed by atoms with Crippen LogP contribution in [0.25, 0.3) is 32.7 Å². The van der Waals surface area contributed by atoms with Gasteiger partial charge in [0, 0.05) is 5.39 Å². The van der Waals surface area contributed by atoms with Gasteiger partial charge >= 0.3 is 0 Å². The van der Waals surface area contributed by atoms with Gasteiger partial charge in [-0.3, -0.25) is 4.79 Å². The number of rotatable bonds is 0. The van der Waals surface area contributed by atoms with Crippen molar-refractivity contribution < 1.29 is 13.9 Å². The zero-order chi connectivity index (χ0) is 15.6. The molecule has 4 heteroatoms. The van der Waals surface area contributed by atoms with Crippen molar-refractivity contribution in [2.75, 3.05) is 6.79 Å². The first-order chi connectivity index (χ1) is 11.2. The van der Waals surface area contributed by atoms with E-state index in [1.807, 2.05) is 49.4 Å². The van der Waals surface area contributed by atoms with E-state index in [4.69, 9.17) is 13.9 Å². The highest BCUT2D eigenvalue weighted by molar-refractivity contribution is 6.09. The van der Waals surface area contributed by atoms with Crippen LogP contribution in [0.15, 0.2) is 51.7 Å². The van der Waals surface area contributed by atoms with Gasteiger partial charge in [-0.25, -0.2) is 0 Å². The summed E-state index contributed by atoms with van der Waals surface area (Å²) in [5.41, 5.74) is 2.23. The van der Waals surface area contributed by atoms with E-state index in [9.17, 15) is 4.79 Å². The molecule has 0 aliphatic carbocycles. The van der Waals surface area contributed by atoms with Crippen LogP contribution in [0.3, 0.4) is 0 Å². The Morgan fingerprint density at radius 1 is 0.870 bits per heavy atom. The minimum atomic E-state index is -0.0225. The quantitative estimate of drug-likeness (QED) is 0.362. The number of benzene rings is 3. The molecule has 0 bridgehead atoms. The number of fused-ring (bicyclic) bond motifs is 5. The molecule has 112 valence electrons. The Kier molecular flexibility index (Phi) is 2.32. The fraction of sp³-hybridized carbons (Fsp3) is 0.105. The van der Waals surface area contributed by atoms with Crippen molar-refractivity contribution >= 4 is 32.7 Å². The maximum Gasteiger partial charge on any atom is 0.231 e. The predicted molar refractivity (Wildman–Crippen MR) is 88.4 cm³/mol. The highest BCUT2D eigenvalue weighted by Gasteiger charge is 2.17. The molecule has 0 N–H and O–H groups in total. The van der Waals surface area contributed by atoms with Gasteiger partial charge in [-0.2, -0.15) is 0 Å². The molecule has 5 rings (SSSR count). The van der Waals surface area contributed by atoms with Crippen molar-refractivity contribution in [1.29, 1.82) is 0 Å². The van der Waals surface area contributed by atoms with Gasteiger partial charge in [0.25, 0.3) is 0 Å². The van der Waals surface area contributed by atoms with E-state index in [0.717, 1.165) is 16.3 Å². The molecule has 0 radical (unpaired) electrons. The molecule has 0 unspecified atom stereocenters. The molecule has 3 aromatic carbocycles. The Balaban J connectivity index is 2.00. The second-order valence-electron chi connectivity index (χ2n) is 5.80. The van der Waals surface area contributed by atoms with Crippen molar-refractivity contribution in [2.24, 2.45) is 0 Å². The van der Waals surface area contributed by atoms with Crippen LogP contribution in [0.1, 0.15) is 5.56 Å². The van der Waals surface area contributed by atoms with Gasteiger partial charge in [-0.05, 0) is 48.2 Å². The molecule has 0 atom stereocenters. The van der Waals surface area contributed by atoms with Gasteiger partial charge in [-0.1, -0.05) is 12.1 Å². The lowest BCUT2D eigenvalue weighted by Crippen LogP contribution is -2.03. The maximum atomic E-state index is 13.0. The molecule has 1 aromatic heterocycles. The first-order valence-electron chi connectivity index (χ1n) is 7.40. The monoisotopic (exact) mass is 304 g/mol. The van der Waals surface area contributed by atoms with Crippen molar-refractivity contribution in [2.45, 2.75) is 6.92 Å². The first-order valence-corrected chi connectivity index (χ1v) is 7.40. The number of aryl methyl sites for hydroxylation is 1. The third-order valence-corrected chi connectivity index (χ3v) is 4.30. The minimum absolute atomic E-state index is 0.0225. The number of hydrogen-bond donors (Lipinski definition) is 0. The lowest BCUT2D eigenvalue weighted by molar-refractivity contribution is 0.174. The smallest absolute Gasteiger partial charge is 0.231 e. The highest BCUT2D eigenvalue weighted by atomic mass is 16.7. The first kappa shape index (κ1) is 12.5. The molecule has 0 saturated heterocycles. The summed E-state index contributed by atoms with van der Waals surface area (Å²) in [6, 6.07) is 13.2. The Hall–Kier alpha value is -3.01. The van der Waals surface area contributed by atoms with Crippen LogP contribution >= 0.6 is 0 Å². The summed E-state index contributed by atoms with van der Waals surface area (Å²) in [5.74, 6) is 1.37. The van der Waals surface area contributed by atoms with Crippen LogP contribution in [-0.2, 0) is 0 Å². The van der Waals surface area contributed by atoms with Gasteiger partial charge < -0.3 is 13.9 Å². The molecule has 4 aromatic rings. The van der Waals surface area contributed by atoms with Crippen LogP contribution in [0.5, 0.6) is 11.5 Å². The standard InChI is InChI=1S/C19H12O4/c1-10-2-4-12-15(6-10)23-14-5-3-11-7-16-17(22-9-21-16)8-13(11)18(14)19(12)20/h2-8H,9H2,1H3. The van der Waals surface area contributed by atoms with Gasteiger partial charge in [0.15, 0.2) is 11.5 Å². The van der Waals surface area contributed by atoms with Crippen molar-refractivity contribution in [3.8, 4) is 11.5 Å². The number of hydrogen-bond acceptors (Lipinski definition) is 4. The second-order valence-corrected chi connectivity index (χ2v) is 5.80. The SMILES string of the molecule is Cc1ccc2c(=O)c3c(ccc4cc5c(cc43)OCO5)oc2c1. The maximum absolute atomic E-state index is 13.0. The summed E-state index contributed by atoms with van der Waals surface area (Å²) in [7, 11) is 0. The van der Waals surface area contributed by atoms with E-state index < -0.39 is 0 Å². The van der Waals surface area contributed by atoms with Crippen LogP contribution in [0.4, 0.5) is 0 Å². The number of ether oxygens (including phenoxy) is 2. The van der Waals surface area contributed by atoms with Gasteiger partial charge in [0.2, 0.25) is 12.2 Å². The van der Waals surface area contributed by atoms with Crippen LogP contribution in [0.2, 0.25) is 0 Å². The average Bonchev–Trinajstić information content (AvgIpc) is 2.99. The Bertz CT molecular complexity index is 1170. The van der Waals surface area contributed by atoms with Crippen LogP contribution in [-0.4, -0.2) is 6.79 Å². The summed E-state index contributed by atoms with van der Waals surface area (Å²) in [5, 5.41) is 2.92. The Labute approximate surface area is 130 Å². The summed E-state index contributed by atoms with van der Waals surface area (Å²) in [6.07, 6.45) is 0.